The number of aromatic hydroxyl groups is 1. The number of ether oxygens (including phenoxy) is 1. The van der Waals surface area contributed by atoms with Gasteiger partial charge in [-0.25, -0.2) is 4.90 Å². The molecular formula is C41H35BCl2N4O8S. The summed E-state index contributed by atoms with van der Waals surface area (Å²) in [4.78, 5) is 61.9. The van der Waals surface area contributed by atoms with Gasteiger partial charge in [-0.05, 0) is 97.0 Å². The zero-order valence-electron chi connectivity index (χ0n) is 31.1. The van der Waals surface area contributed by atoms with Crippen molar-refractivity contribution in [1.29, 1.82) is 0 Å². The van der Waals surface area contributed by atoms with Crippen molar-refractivity contribution in [1.82, 2.24) is 9.78 Å². The number of thiophene rings is 1. The van der Waals surface area contributed by atoms with Gasteiger partial charge in [0.1, 0.15) is 11.5 Å². The number of aromatic nitrogens is 2. The van der Waals surface area contributed by atoms with Crippen molar-refractivity contribution in [2.75, 3.05) is 16.9 Å². The highest BCUT2D eigenvalue weighted by Gasteiger charge is 2.68. The van der Waals surface area contributed by atoms with Crippen LogP contribution in [-0.2, 0) is 26.2 Å². The number of anilines is 2. The van der Waals surface area contributed by atoms with Crippen molar-refractivity contribution in [3.8, 4) is 22.1 Å². The molecule has 9 rings (SSSR count). The maximum atomic E-state index is 15.2. The van der Waals surface area contributed by atoms with E-state index >= 15 is 4.79 Å². The molecule has 2 aromatic heterocycles. The molecule has 2 aliphatic carbocycles. The molecule has 4 heterocycles. The minimum absolute atomic E-state index is 0.0185. The number of benzene rings is 3. The largest absolute Gasteiger partial charge is 0.503 e. The molecule has 3 fully saturated rings. The van der Waals surface area contributed by atoms with E-state index < -0.39 is 65.8 Å². The summed E-state index contributed by atoms with van der Waals surface area (Å²) < 4.78 is 8.03. The molecule has 0 radical (unpaired) electrons. The van der Waals surface area contributed by atoms with Gasteiger partial charge in [0.2, 0.25) is 23.6 Å². The molecule has 5 aromatic rings. The highest BCUT2D eigenvalue weighted by atomic mass is 35.5. The number of phenolic OH excluding ortho intramolecular Hbond substituents is 1. The summed E-state index contributed by atoms with van der Waals surface area (Å²) in [5.74, 6) is -5.76. The Morgan fingerprint density at radius 3 is 2.47 bits per heavy atom. The number of aryl methyl sites for hydroxylation is 2. The van der Waals surface area contributed by atoms with E-state index in [-0.39, 0.29) is 46.3 Å². The number of hydrogen-bond donors (Lipinski definition) is 3. The SMILES string of the molecule is COc1cc(C2C3=CCC4C(=O)N(c5cccc(B(O)O)c5)C(=O)C4C3CC3C(=O)N(c4cc(-c5sc6ccc(Cl)cc6c5C)nn4C)C(=O)C32C)cc(Cl)c1O. The number of nitrogens with zero attached hydrogens (tertiary/aromatic N) is 4. The van der Waals surface area contributed by atoms with Gasteiger partial charge in [-0.1, -0.05) is 47.0 Å². The Balaban J connectivity index is 1.16. The fourth-order valence-electron chi connectivity index (χ4n) is 9.82. The number of carbonyl (C=O) groups is 4. The molecule has 16 heteroatoms. The molecule has 6 unspecified atom stereocenters. The van der Waals surface area contributed by atoms with Crippen molar-refractivity contribution >= 4 is 92.3 Å². The van der Waals surface area contributed by atoms with Crippen LogP contribution in [-0.4, -0.2) is 62.8 Å². The summed E-state index contributed by atoms with van der Waals surface area (Å²) in [6.45, 7) is 3.74. The Hall–Kier alpha value is -4.99. The average Bonchev–Trinajstić information content (AvgIpc) is 3.85. The second kappa shape index (κ2) is 13.3. The summed E-state index contributed by atoms with van der Waals surface area (Å²) in [7, 11) is 1.26. The number of hydrogen-bond acceptors (Lipinski definition) is 10. The van der Waals surface area contributed by atoms with Crippen molar-refractivity contribution in [3.63, 3.8) is 0 Å². The van der Waals surface area contributed by atoms with Crippen LogP contribution in [0.2, 0.25) is 10.0 Å². The van der Waals surface area contributed by atoms with Gasteiger partial charge in [0.15, 0.2) is 11.5 Å². The molecule has 6 atom stereocenters. The molecule has 1 saturated carbocycles. The third kappa shape index (κ3) is 5.37. The Morgan fingerprint density at radius 1 is 0.965 bits per heavy atom. The fraction of sp³-hybridized carbons (Fsp3) is 0.293. The summed E-state index contributed by atoms with van der Waals surface area (Å²) >= 11 is 14.4. The molecule has 2 aliphatic heterocycles. The maximum Gasteiger partial charge on any atom is 0.488 e. The quantitative estimate of drug-likeness (QED) is 0.110. The van der Waals surface area contributed by atoms with Crippen LogP contribution in [0, 0.1) is 36.0 Å². The summed E-state index contributed by atoms with van der Waals surface area (Å²) in [6.07, 6.45) is 2.21. The number of carbonyl (C=O) groups excluding carboxylic acids is 4. The molecule has 12 nitrogen and oxygen atoms in total. The van der Waals surface area contributed by atoms with Gasteiger partial charge in [0.25, 0.3) is 0 Å². The van der Waals surface area contributed by atoms with E-state index in [4.69, 9.17) is 33.0 Å². The number of allylic oxidation sites excluding steroid dienone is 2. The maximum absolute atomic E-state index is 15.2. The average molecular weight is 826 g/mol. The van der Waals surface area contributed by atoms with Gasteiger partial charge < -0.3 is 19.9 Å². The van der Waals surface area contributed by atoms with E-state index in [1.54, 1.807) is 44.3 Å². The minimum atomic E-state index is -1.81. The van der Waals surface area contributed by atoms with Gasteiger partial charge in [0, 0.05) is 28.8 Å². The third-order valence-corrected chi connectivity index (χ3v) is 14.3. The molecule has 0 spiro atoms. The fourth-order valence-corrected chi connectivity index (χ4v) is 11.4. The molecule has 4 aliphatic rings. The number of amides is 4. The molecule has 2 saturated heterocycles. The zero-order chi connectivity index (χ0) is 40.4. The number of imide groups is 2. The normalized spacial score (nSPS) is 25.5. The lowest BCUT2D eigenvalue weighted by Crippen LogP contribution is -2.49. The second-order valence-electron chi connectivity index (χ2n) is 15.4. The van der Waals surface area contributed by atoms with Crippen LogP contribution in [0.15, 0.2) is 72.3 Å². The number of rotatable bonds is 6. The topological polar surface area (TPSA) is 162 Å². The minimum Gasteiger partial charge on any atom is -0.503 e. The van der Waals surface area contributed by atoms with Gasteiger partial charge in [-0.2, -0.15) is 5.10 Å². The van der Waals surface area contributed by atoms with Gasteiger partial charge in [-0.3, -0.25) is 28.8 Å². The van der Waals surface area contributed by atoms with Crippen molar-refractivity contribution < 1.29 is 39.1 Å². The Kier molecular flexibility index (Phi) is 8.76. The van der Waals surface area contributed by atoms with Crippen LogP contribution in [0.25, 0.3) is 20.7 Å². The van der Waals surface area contributed by atoms with Crippen molar-refractivity contribution in [2.45, 2.75) is 32.6 Å². The molecule has 57 heavy (non-hydrogen) atoms. The number of fused-ring (bicyclic) bond motifs is 5. The lowest BCUT2D eigenvalue weighted by Gasteiger charge is -2.49. The van der Waals surface area contributed by atoms with Gasteiger partial charge >= 0.3 is 7.12 Å². The van der Waals surface area contributed by atoms with E-state index in [1.807, 2.05) is 31.2 Å². The Morgan fingerprint density at radius 2 is 1.74 bits per heavy atom. The van der Waals surface area contributed by atoms with Crippen molar-refractivity contribution in [3.05, 3.63) is 93.5 Å². The predicted octanol–water partition coefficient (Wildman–Crippen LogP) is 5.75. The Labute approximate surface area is 341 Å². The van der Waals surface area contributed by atoms with Crippen LogP contribution < -0.4 is 20.0 Å². The summed E-state index contributed by atoms with van der Waals surface area (Å²) in [6, 6.07) is 16.5. The lowest BCUT2D eigenvalue weighted by molar-refractivity contribution is -0.131. The zero-order valence-corrected chi connectivity index (χ0v) is 33.4. The van der Waals surface area contributed by atoms with Crippen LogP contribution in [0.5, 0.6) is 11.5 Å². The van der Waals surface area contributed by atoms with E-state index in [1.165, 1.54) is 40.2 Å². The first-order chi connectivity index (χ1) is 27.1. The van der Waals surface area contributed by atoms with E-state index in [0.29, 0.717) is 16.3 Å². The number of methoxy groups -OCH3 is 1. The van der Waals surface area contributed by atoms with Crippen LogP contribution in [0.3, 0.4) is 0 Å². The number of halogens is 2. The lowest BCUT2D eigenvalue weighted by atomic mass is 9.51. The smallest absolute Gasteiger partial charge is 0.488 e. The summed E-state index contributed by atoms with van der Waals surface area (Å²) in [5.41, 5.74) is 1.70. The van der Waals surface area contributed by atoms with Crippen LogP contribution in [0.4, 0.5) is 11.5 Å². The first kappa shape index (κ1) is 37.6. The second-order valence-corrected chi connectivity index (χ2v) is 17.3. The first-order valence-electron chi connectivity index (χ1n) is 18.4. The molecule has 0 bridgehead atoms. The molecule has 3 N–H and O–H groups in total. The molecule has 4 amide bonds. The number of phenols is 1. The Bertz CT molecular complexity index is 2640. The molecular weight excluding hydrogens is 790 g/mol. The van der Waals surface area contributed by atoms with E-state index in [0.717, 1.165) is 31.0 Å². The molecule has 290 valence electrons. The van der Waals surface area contributed by atoms with Gasteiger partial charge in [0.05, 0.1) is 45.9 Å². The third-order valence-electron chi connectivity index (χ3n) is 12.5. The van der Waals surface area contributed by atoms with Crippen molar-refractivity contribution in [2.24, 2.45) is 36.1 Å². The van der Waals surface area contributed by atoms with Crippen LogP contribution in [0.1, 0.15) is 36.8 Å². The van der Waals surface area contributed by atoms with Crippen LogP contribution >= 0.6 is 34.5 Å². The first-order valence-corrected chi connectivity index (χ1v) is 19.9. The van der Waals surface area contributed by atoms with Gasteiger partial charge in [-0.15, -0.1) is 11.3 Å². The molecule has 3 aromatic carbocycles. The predicted molar refractivity (Wildman–Crippen MR) is 217 cm³/mol. The van der Waals surface area contributed by atoms with E-state index in [2.05, 4.69) is 0 Å². The highest BCUT2D eigenvalue weighted by molar-refractivity contribution is 7.22. The highest BCUT2D eigenvalue weighted by Crippen LogP contribution is 2.64. The standard InChI is InChI=1S/C41H35BCl2N4O8S/c1-18-25-15-21(43)8-11-31(25)57-36(18)29-17-32(46(3)45-29)48-38(51)27-16-26-23(34(41(27,2)40(48)53)19-12-28(44)35(49)30(13-19)56-4)9-10-24-33(26)39(52)47(37(24)50)22-7-5-6-20(14-22)42(54)55/h5-9,11-15,17,24,26-27,33-34,49,54-55H,10,16H2,1-4H3. The van der Waals surface area contributed by atoms with E-state index in [9.17, 15) is 29.5 Å². The monoisotopic (exact) mass is 824 g/mol. The summed E-state index contributed by atoms with van der Waals surface area (Å²) in [5, 5.41) is 36.8.